The van der Waals surface area contributed by atoms with Gasteiger partial charge in [0, 0.05) is 0 Å². The minimum Gasteiger partial charge on any atom is -0.211 e. The summed E-state index contributed by atoms with van der Waals surface area (Å²) in [5.74, 6) is 0. The molecule has 8 heavy (non-hydrogen) atoms. The highest BCUT2D eigenvalue weighted by molar-refractivity contribution is 5.35. The molecule has 0 spiro atoms. The predicted octanol–water partition coefficient (Wildman–Crippen LogP) is 0.252. The van der Waals surface area contributed by atoms with Gasteiger partial charge in [0.25, 0.3) is 0 Å². The number of aliphatic imine (C=N–C) groups is 2. The Balaban J connectivity index is 0. The van der Waals surface area contributed by atoms with Crippen LogP contribution >= 0.6 is 0 Å². The Hall–Kier alpha value is -1.24. The molecule has 0 saturated carbocycles. The van der Waals surface area contributed by atoms with Gasteiger partial charge in [-0.2, -0.15) is 9.98 Å². The molecule has 0 aliphatic carbocycles. The Labute approximate surface area is 47.0 Å². The molecule has 0 fully saturated rings. The summed E-state index contributed by atoms with van der Waals surface area (Å²) in [6.07, 6.45) is 2.41. The zero-order valence-electron chi connectivity index (χ0n) is 3.42. The number of carbonyl (C=O) groups excluding carboxylic acids is 2. The third-order valence-electron chi connectivity index (χ3n) is 0.271. The normalized spacial score (nSPS) is 5.00. The van der Waals surface area contributed by atoms with Crippen LogP contribution in [0.25, 0.3) is 0 Å². The molecule has 0 aromatic rings. The summed E-state index contributed by atoms with van der Waals surface area (Å²) >= 11 is 0. The van der Waals surface area contributed by atoms with Crippen molar-refractivity contribution in [3.63, 3.8) is 0 Å². The molecule has 0 rings (SSSR count). The molecule has 0 heterocycles. The molecule has 0 aromatic heterocycles. The van der Waals surface area contributed by atoms with Crippen molar-refractivity contribution in [2.45, 2.75) is 7.43 Å². The number of rotatable bonds is 2. The fourth-order valence-corrected chi connectivity index (χ4v) is 0.0931. The van der Waals surface area contributed by atoms with Crippen LogP contribution in [0.1, 0.15) is 7.43 Å². The highest BCUT2D eigenvalue weighted by Gasteiger charge is 1.63. The van der Waals surface area contributed by atoms with Crippen molar-refractivity contribution >= 4 is 12.2 Å². The van der Waals surface area contributed by atoms with E-state index in [1.807, 2.05) is 0 Å². The van der Waals surface area contributed by atoms with Gasteiger partial charge < -0.3 is 0 Å². The van der Waals surface area contributed by atoms with Gasteiger partial charge in [0.05, 0.1) is 0 Å². The third kappa shape index (κ3) is 8.83. The molecule has 0 N–H and O–H groups in total. The van der Waals surface area contributed by atoms with E-state index in [2.05, 4.69) is 9.98 Å². The number of hydrogen-bond acceptors (Lipinski definition) is 4. The highest BCUT2D eigenvalue weighted by Crippen LogP contribution is 1.61. The topological polar surface area (TPSA) is 58.9 Å². The Morgan fingerprint density at radius 2 is 1.50 bits per heavy atom. The van der Waals surface area contributed by atoms with Crippen LogP contribution in [0.5, 0.6) is 0 Å². The summed E-state index contributed by atoms with van der Waals surface area (Å²) in [7, 11) is 0. The fourth-order valence-electron chi connectivity index (χ4n) is 0.0931. The zero-order chi connectivity index (χ0) is 5.54. The second-order valence-corrected chi connectivity index (χ2v) is 0.640. The molecule has 0 radical (unpaired) electrons. The van der Waals surface area contributed by atoms with Crippen molar-refractivity contribution in [3.05, 3.63) is 0 Å². The first-order valence-electron chi connectivity index (χ1n) is 1.49. The highest BCUT2D eigenvalue weighted by atomic mass is 16.1. The molecule has 0 aliphatic heterocycles. The van der Waals surface area contributed by atoms with Crippen LogP contribution in [-0.2, 0) is 9.59 Å². The van der Waals surface area contributed by atoms with E-state index in [0.717, 1.165) is 0 Å². The lowest BCUT2D eigenvalue weighted by molar-refractivity contribution is 0.560. The lowest BCUT2D eigenvalue weighted by Crippen LogP contribution is -1.66. The predicted molar refractivity (Wildman–Crippen MR) is 27.8 cm³/mol. The second-order valence-electron chi connectivity index (χ2n) is 0.640. The average molecular weight is 114 g/mol. The molecule has 0 bridgehead atoms. The third-order valence-corrected chi connectivity index (χ3v) is 0.271. The first kappa shape index (κ1) is 9.90. The summed E-state index contributed by atoms with van der Waals surface area (Å²) in [6.45, 7) is -0.160. The van der Waals surface area contributed by atoms with Crippen molar-refractivity contribution in [1.82, 2.24) is 0 Å². The van der Waals surface area contributed by atoms with Crippen LogP contribution < -0.4 is 0 Å². The number of hydrogen-bond donors (Lipinski definition) is 0. The van der Waals surface area contributed by atoms with E-state index in [4.69, 9.17) is 0 Å². The van der Waals surface area contributed by atoms with Crippen molar-refractivity contribution in [3.8, 4) is 0 Å². The molecular weight excluding hydrogens is 108 g/mol. The Morgan fingerprint density at radius 1 is 1.12 bits per heavy atom. The van der Waals surface area contributed by atoms with E-state index in [1.54, 1.807) is 0 Å². The van der Waals surface area contributed by atoms with Crippen LogP contribution in [0.2, 0.25) is 0 Å². The lowest BCUT2D eigenvalue weighted by Gasteiger charge is -1.63. The van der Waals surface area contributed by atoms with Gasteiger partial charge >= 0.3 is 0 Å². The lowest BCUT2D eigenvalue weighted by atomic mass is 11.1. The van der Waals surface area contributed by atoms with Crippen LogP contribution in [0, 0.1) is 0 Å². The first-order chi connectivity index (χ1) is 3.41. The van der Waals surface area contributed by atoms with E-state index in [9.17, 15) is 9.59 Å². The van der Waals surface area contributed by atoms with Crippen molar-refractivity contribution < 1.29 is 9.59 Å². The average Bonchev–Trinajstić information content (AvgIpc) is 1.69. The Bertz CT molecular complexity index is 115. The summed E-state index contributed by atoms with van der Waals surface area (Å²) in [5, 5.41) is 0. The Kier molecular flexibility index (Phi) is 11.4. The molecule has 0 saturated heterocycles. The van der Waals surface area contributed by atoms with Crippen LogP contribution in [0.15, 0.2) is 9.98 Å². The standard InChI is InChI=1S/C3H2N2O2.CH4/c6-2-4-1-5-3-7;/h1H2;1H4. The Morgan fingerprint density at radius 3 is 1.75 bits per heavy atom. The van der Waals surface area contributed by atoms with Gasteiger partial charge in [-0.1, -0.05) is 7.43 Å². The maximum absolute atomic E-state index is 9.20. The minimum absolute atomic E-state index is 0. The number of nitrogens with zero attached hydrogens (tertiary/aromatic N) is 2. The maximum Gasteiger partial charge on any atom is 0.236 e. The summed E-state index contributed by atoms with van der Waals surface area (Å²) in [4.78, 5) is 24.2. The summed E-state index contributed by atoms with van der Waals surface area (Å²) in [6, 6.07) is 0. The van der Waals surface area contributed by atoms with Crippen LogP contribution in [-0.4, -0.2) is 18.8 Å². The van der Waals surface area contributed by atoms with E-state index >= 15 is 0 Å². The van der Waals surface area contributed by atoms with Gasteiger partial charge in [0.15, 0.2) is 6.67 Å². The fraction of sp³-hybridized carbons (Fsp3) is 0.500. The largest absolute Gasteiger partial charge is 0.236 e. The summed E-state index contributed by atoms with van der Waals surface area (Å²) in [5.41, 5.74) is 0. The van der Waals surface area contributed by atoms with Gasteiger partial charge in [-0.3, -0.25) is 0 Å². The second kappa shape index (κ2) is 9.23. The van der Waals surface area contributed by atoms with Crippen molar-refractivity contribution in [2.75, 3.05) is 6.67 Å². The van der Waals surface area contributed by atoms with Gasteiger partial charge in [-0.05, 0) is 0 Å². The van der Waals surface area contributed by atoms with E-state index in [1.165, 1.54) is 12.2 Å². The van der Waals surface area contributed by atoms with Gasteiger partial charge in [0.1, 0.15) is 0 Å². The molecule has 0 unspecified atom stereocenters. The smallest absolute Gasteiger partial charge is 0.211 e. The van der Waals surface area contributed by atoms with Crippen LogP contribution in [0.4, 0.5) is 0 Å². The number of isocyanates is 2. The van der Waals surface area contributed by atoms with Gasteiger partial charge in [-0.25, -0.2) is 9.59 Å². The van der Waals surface area contributed by atoms with E-state index in [0.29, 0.717) is 0 Å². The monoisotopic (exact) mass is 114 g/mol. The molecule has 44 valence electrons. The van der Waals surface area contributed by atoms with Gasteiger partial charge in [0.2, 0.25) is 12.2 Å². The van der Waals surface area contributed by atoms with E-state index < -0.39 is 0 Å². The van der Waals surface area contributed by atoms with Gasteiger partial charge in [-0.15, -0.1) is 0 Å². The first-order valence-corrected chi connectivity index (χ1v) is 1.49. The van der Waals surface area contributed by atoms with E-state index in [-0.39, 0.29) is 14.1 Å². The minimum atomic E-state index is -0.160. The molecule has 0 amide bonds. The molecule has 0 aromatic carbocycles. The van der Waals surface area contributed by atoms with Crippen molar-refractivity contribution in [2.24, 2.45) is 9.98 Å². The quantitative estimate of drug-likeness (QED) is 0.381. The summed E-state index contributed by atoms with van der Waals surface area (Å²) < 4.78 is 0. The molecule has 0 aliphatic rings. The molecule has 4 heteroatoms. The molecule has 0 atom stereocenters. The molecular formula is C4H6N2O2. The molecule has 4 nitrogen and oxygen atoms in total. The van der Waals surface area contributed by atoms with Crippen LogP contribution in [0.3, 0.4) is 0 Å². The van der Waals surface area contributed by atoms with Crippen molar-refractivity contribution in [1.29, 1.82) is 0 Å². The SMILES string of the molecule is C.O=C=NCN=C=O. The maximum atomic E-state index is 9.20. The zero-order valence-corrected chi connectivity index (χ0v) is 3.42.